The summed E-state index contributed by atoms with van der Waals surface area (Å²) in [7, 11) is 0. The van der Waals surface area contributed by atoms with Crippen LogP contribution in [0.15, 0.2) is 48.6 Å². The molecular formula is C46H85NO4. The number of nitrogens with one attached hydrogen (secondary N) is 1. The molecule has 0 saturated carbocycles. The Labute approximate surface area is 316 Å². The van der Waals surface area contributed by atoms with Gasteiger partial charge in [0.15, 0.2) is 0 Å². The molecule has 51 heavy (non-hydrogen) atoms. The number of aliphatic hydroxyl groups excluding tert-OH is 3. The van der Waals surface area contributed by atoms with Gasteiger partial charge in [0.05, 0.1) is 18.8 Å². The third kappa shape index (κ3) is 36.5. The first-order chi connectivity index (χ1) is 25.1. The predicted octanol–water partition coefficient (Wildman–Crippen LogP) is 12.5. The molecule has 0 heterocycles. The van der Waals surface area contributed by atoms with Crippen LogP contribution in [0, 0.1) is 0 Å². The van der Waals surface area contributed by atoms with E-state index in [0.717, 1.165) is 51.4 Å². The van der Waals surface area contributed by atoms with Gasteiger partial charge >= 0.3 is 0 Å². The fourth-order valence-electron chi connectivity index (χ4n) is 6.46. The largest absolute Gasteiger partial charge is 0.394 e. The maximum Gasteiger partial charge on any atom is 0.220 e. The van der Waals surface area contributed by atoms with Crippen molar-refractivity contribution < 1.29 is 20.1 Å². The van der Waals surface area contributed by atoms with Crippen molar-refractivity contribution >= 4 is 5.91 Å². The molecular weight excluding hydrogens is 631 g/mol. The molecule has 3 atom stereocenters. The quantitative estimate of drug-likeness (QED) is 0.0290. The summed E-state index contributed by atoms with van der Waals surface area (Å²) in [5, 5.41) is 33.5. The van der Waals surface area contributed by atoms with Crippen LogP contribution in [0.25, 0.3) is 0 Å². The topological polar surface area (TPSA) is 89.8 Å². The highest BCUT2D eigenvalue weighted by Gasteiger charge is 2.26. The molecule has 0 radical (unpaired) electrons. The zero-order chi connectivity index (χ0) is 37.3. The minimum atomic E-state index is -1.17. The molecule has 3 unspecified atom stereocenters. The lowest BCUT2D eigenvalue weighted by Crippen LogP contribution is -2.50. The van der Waals surface area contributed by atoms with Crippen molar-refractivity contribution in [2.24, 2.45) is 0 Å². The molecule has 0 aromatic rings. The summed E-state index contributed by atoms with van der Waals surface area (Å²) in [6.07, 6.45) is 52.2. The van der Waals surface area contributed by atoms with Crippen LogP contribution < -0.4 is 5.32 Å². The molecule has 0 saturated heterocycles. The molecule has 4 N–H and O–H groups in total. The van der Waals surface area contributed by atoms with Crippen LogP contribution in [0.4, 0.5) is 0 Å². The van der Waals surface area contributed by atoms with Gasteiger partial charge in [-0.05, 0) is 77.0 Å². The molecule has 298 valence electrons. The van der Waals surface area contributed by atoms with Gasteiger partial charge in [-0.15, -0.1) is 0 Å². The maximum atomic E-state index is 12.4. The van der Waals surface area contributed by atoms with E-state index in [2.05, 4.69) is 67.8 Å². The van der Waals surface area contributed by atoms with Crippen LogP contribution in [0.3, 0.4) is 0 Å². The Kier molecular flexibility index (Phi) is 39.7. The standard InChI is InChI=1S/C46H85NO4/c1-3-5-7-9-11-13-15-17-19-20-21-22-23-24-25-27-28-30-32-34-36-38-40-44(49)46(51)43(42-48)47-45(50)41-39-37-35-33-31-29-26-18-16-14-12-10-8-6-4-2/h12,14,16,18,25,27,32,34,43-44,46,48-49,51H,3-11,13,15,17,19-24,26,28-31,33,35-42H2,1-2H3,(H,47,50)/b14-12-,18-16-,27-25+,34-32+. The van der Waals surface area contributed by atoms with Crippen molar-refractivity contribution in [1.29, 1.82) is 0 Å². The molecule has 0 rings (SSSR count). The van der Waals surface area contributed by atoms with Gasteiger partial charge in [-0.25, -0.2) is 0 Å². The minimum absolute atomic E-state index is 0.172. The monoisotopic (exact) mass is 716 g/mol. The predicted molar refractivity (Wildman–Crippen MR) is 222 cm³/mol. The van der Waals surface area contributed by atoms with Crippen LogP contribution in [0.5, 0.6) is 0 Å². The Hall–Kier alpha value is -1.69. The van der Waals surface area contributed by atoms with Gasteiger partial charge in [-0.1, -0.05) is 178 Å². The first kappa shape index (κ1) is 49.3. The lowest BCUT2D eigenvalue weighted by Gasteiger charge is -2.26. The Bertz CT molecular complexity index is 835. The van der Waals surface area contributed by atoms with E-state index in [0.29, 0.717) is 12.8 Å². The molecule has 5 heteroatoms. The molecule has 0 aromatic heterocycles. The lowest BCUT2D eigenvalue weighted by atomic mass is 10.0. The number of carbonyl (C=O) groups is 1. The first-order valence-electron chi connectivity index (χ1n) is 21.9. The molecule has 0 fully saturated rings. The Morgan fingerprint density at radius 3 is 1.35 bits per heavy atom. The van der Waals surface area contributed by atoms with Gasteiger partial charge in [0.1, 0.15) is 6.10 Å². The number of unbranched alkanes of at least 4 members (excludes halogenated alkanes) is 24. The molecule has 1 amide bonds. The highest BCUT2D eigenvalue weighted by atomic mass is 16.3. The number of aliphatic hydroxyl groups is 3. The summed E-state index contributed by atoms with van der Waals surface area (Å²) in [6, 6.07) is -0.839. The molecule has 0 bridgehead atoms. The first-order valence-corrected chi connectivity index (χ1v) is 21.9. The van der Waals surface area contributed by atoms with Crippen molar-refractivity contribution in [2.45, 2.75) is 231 Å². The van der Waals surface area contributed by atoms with Gasteiger partial charge in [-0.2, -0.15) is 0 Å². The van der Waals surface area contributed by atoms with E-state index < -0.39 is 18.2 Å². The average molecular weight is 716 g/mol. The van der Waals surface area contributed by atoms with Crippen molar-refractivity contribution in [2.75, 3.05) is 6.61 Å². The third-order valence-electron chi connectivity index (χ3n) is 9.91. The van der Waals surface area contributed by atoms with E-state index in [9.17, 15) is 20.1 Å². The molecule has 5 nitrogen and oxygen atoms in total. The van der Waals surface area contributed by atoms with Crippen LogP contribution in [-0.2, 0) is 4.79 Å². The van der Waals surface area contributed by atoms with Crippen molar-refractivity contribution in [3.05, 3.63) is 48.6 Å². The SMILES string of the molecule is CCCCC/C=C\C=C/CCCCCCCCC(=O)NC(CO)C(O)C(O)CCC/C=C/CC/C=C/CCCCCCCCCCCCCCC. The smallest absolute Gasteiger partial charge is 0.220 e. The van der Waals surface area contributed by atoms with E-state index in [1.54, 1.807) is 0 Å². The zero-order valence-electron chi connectivity index (χ0n) is 33.7. The zero-order valence-corrected chi connectivity index (χ0v) is 33.7. The summed E-state index contributed by atoms with van der Waals surface area (Å²) in [4.78, 5) is 12.4. The summed E-state index contributed by atoms with van der Waals surface area (Å²) in [5.41, 5.74) is 0. The van der Waals surface area contributed by atoms with Crippen LogP contribution in [0.1, 0.15) is 213 Å². The van der Waals surface area contributed by atoms with Crippen molar-refractivity contribution in [3.8, 4) is 0 Å². The summed E-state index contributed by atoms with van der Waals surface area (Å²) < 4.78 is 0. The molecule has 0 spiro atoms. The van der Waals surface area contributed by atoms with Gasteiger partial charge in [-0.3, -0.25) is 4.79 Å². The van der Waals surface area contributed by atoms with Gasteiger partial charge < -0.3 is 20.6 Å². The highest BCUT2D eigenvalue weighted by Crippen LogP contribution is 2.14. The number of allylic oxidation sites excluding steroid dienone is 8. The molecule has 0 aliphatic carbocycles. The Morgan fingerprint density at radius 1 is 0.490 bits per heavy atom. The number of hydrogen-bond acceptors (Lipinski definition) is 4. The number of hydrogen-bond donors (Lipinski definition) is 4. The molecule has 0 aromatic carbocycles. The maximum absolute atomic E-state index is 12.4. The second kappa shape index (κ2) is 41.1. The van der Waals surface area contributed by atoms with Crippen LogP contribution in [-0.4, -0.2) is 46.1 Å². The summed E-state index contributed by atoms with van der Waals surface area (Å²) in [6.45, 7) is 4.13. The van der Waals surface area contributed by atoms with Gasteiger partial charge in [0, 0.05) is 6.42 Å². The fraction of sp³-hybridized carbons (Fsp3) is 0.804. The minimum Gasteiger partial charge on any atom is -0.394 e. The summed E-state index contributed by atoms with van der Waals surface area (Å²) in [5.74, 6) is -0.172. The van der Waals surface area contributed by atoms with E-state index in [4.69, 9.17) is 0 Å². The van der Waals surface area contributed by atoms with Gasteiger partial charge in [0.2, 0.25) is 5.91 Å². The summed E-state index contributed by atoms with van der Waals surface area (Å²) >= 11 is 0. The van der Waals surface area contributed by atoms with E-state index in [-0.39, 0.29) is 12.5 Å². The van der Waals surface area contributed by atoms with Crippen LogP contribution >= 0.6 is 0 Å². The lowest BCUT2D eigenvalue weighted by molar-refractivity contribution is -0.124. The molecule has 0 aliphatic rings. The molecule has 0 aliphatic heterocycles. The number of amides is 1. The second-order valence-electron chi connectivity index (χ2n) is 14.9. The van der Waals surface area contributed by atoms with Crippen molar-refractivity contribution in [3.63, 3.8) is 0 Å². The fourth-order valence-corrected chi connectivity index (χ4v) is 6.46. The van der Waals surface area contributed by atoms with Crippen LogP contribution in [0.2, 0.25) is 0 Å². The van der Waals surface area contributed by atoms with Gasteiger partial charge in [0.25, 0.3) is 0 Å². The average Bonchev–Trinajstić information content (AvgIpc) is 3.13. The Balaban J connectivity index is 3.72. The number of rotatable bonds is 39. The second-order valence-corrected chi connectivity index (χ2v) is 14.9. The number of carbonyl (C=O) groups excluding carboxylic acids is 1. The van der Waals surface area contributed by atoms with E-state index in [1.165, 1.54) is 135 Å². The van der Waals surface area contributed by atoms with Crippen molar-refractivity contribution in [1.82, 2.24) is 5.32 Å². The van der Waals surface area contributed by atoms with E-state index in [1.807, 2.05) is 0 Å². The Morgan fingerprint density at radius 2 is 0.863 bits per heavy atom. The normalized spacial score (nSPS) is 14.1. The third-order valence-corrected chi connectivity index (χ3v) is 9.91. The highest BCUT2D eigenvalue weighted by molar-refractivity contribution is 5.76. The van der Waals surface area contributed by atoms with E-state index >= 15 is 0 Å².